The van der Waals surface area contributed by atoms with Gasteiger partial charge < -0.3 is 14.5 Å². The lowest BCUT2D eigenvalue weighted by Crippen LogP contribution is -2.54. The third kappa shape index (κ3) is 5.68. The first-order valence-electron chi connectivity index (χ1n) is 7.97. The van der Waals surface area contributed by atoms with Crippen molar-refractivity contribution < 1.29 is 17.9 Å². The molecule has 0 saturated carbocycles. The van der Waals surface area contributed by atoms with Crippen molar-refractivity contribution in [3.63, 3.8) is 0 Å². The quantitative estimate of drug-likeness (QED) is 0.593. The minimum atomic E-state index is -3.16. The van der Waals surface area contributed by atoms with Crippen LogP contribution in [0.15, 0.2) is 0 Å². The molecule has 0 radical (unpaired) electrons. The van der Waals surface area contributed by atoms with E-state index in [1.807, 2.05) is 14.1 Å². The molecule has 0 aromatic carbocycles. The third-order valence-electron chi connectivity index (χ3n) is 4.21. The van der Waals surface area contributed by atoms with Gasteiger partial charge in [-0.25, -0.2) is 8.42 Å². The fourth-order valence-electron chi connectivity index (χ4n) is 3.00. The van der Waals surface area contributed by atoms with Crippen molar-refractivity contribution in [1.29, 1.82) is 0 Å². The molecule has 134 valence electrons. The minimum absolute atomic E-state index is 0.0728. The van der Waals surface area contributed by atoms with Gasteiger partial charge in [0.25, 0.3) is 0 Å². The van der Waals surface area contributed by atoms with E-state index >= 15 is 0 Å². The van der Waals surface area contributed by atoms with E-state index in [4.69, 9.17) is 4.74 Å². The maximum atomic E-state index is 12.4. The maximum absolute atomic E-state index is 12.4. The van der Waals surface area contributed by atoms with Gasteiger partial charge in [0.05, 0.1) is 25.5 Å². The predicted molar refractivity (Wildman–Crippen MR) is 87.7 cm³/mol. The number of rotatable bonds is 5. The van der Waals surface area contributed by atoms with Crippen molar-refractivity contribution in [1.82, 2.24) is 19.0 Å². The van der Waals surface area contributed by atoms with Crippen LogP contribution >= 0.6 is 0 Å². The molecule has 0 bridgehead atoms. The number of carbonyl (C=O) groups excluding carboxylic acids is 1. The molecule has 2 saturated heterocycles. The highest BCUT2D eigenvalue weighted by Crippen LogP contribution is 2.09. The summed E-state index contributed by atoms with van der Waals surface area (Å²) < 4.78 is 30.1. The summed E-state index contributed by atoms with van der Waals surface area (Å²) in [6.07, 6.45) is 1.34. The Balaban J connectivity index is 1.79. The van der Waals surface area contributed by atoms with E-state index in [0.29, 0.717) is 39.3 Å². The van der Waals surface area contributed by atoms with Gasteiger partial charge in [-0.3, -0.25) is 9.69 Å². The SMILES string of the molecule is CN(C)C[C@H]1CN(CC(=O)N2CCN(S(C)(=O)=O)CC2)CCO1. The van der Waals surface area contributed by atoms with E-state index in [2.05, 4.69) is 9.80 Å². The maximum Gasteiger partial charge on any atom is 0.236 e. The van der Waals surface area contributed by atoms with Crippen LogP contribution < -0.4 is 0 Å². The van der Waals surface area contributed by atoms with Crippen LogP contribution in [0.25, 0.3) is 0 Å². The molecule has 2 rings (SSSR count). The standard InChI is InChI=1S/C14H28N4O4S/c1-15(2)10-13-11-16(8-9-22-13)12-14(19)17-4-6-18(7-5-17)23(3,20)21/h13H,4-12H2,1-3H3/t13-/m0/s1. The molecule has 0 aliphatic carbocycles. The van der Waals surface area contributed by atoms with E-state index in [1.54, 1.807) is 4.90 Å². The second kappa shape index (κ2) is 7.89. The molecule has 2 fully saturated rings. The van der Waals surface area contributed by atoms with Crippen LogP contribution in [-0.4, -0.2) is 119 Å². The topological polar surface area (TPSA) is 73.4 Å². The summed E-state index contributed by atoms with van der Waals surface area (Å²) >= 11 is 0. The molecule has 1 atom stereocenters. The average Bonchev–Trinajstić information content (AvgIpc) is 2.46. The molecule has 8 nitrogen and oxygen atoms in total. The fourth-order valence-corrected chi connectivity index (χ4v) is 3.83. The molecular weight excluding hydrogens is 320 g/mol. The smallest absolute Gasteiger partial charge is 0.236 e. The highest BCUT2D eigenvalue weighted by Gasteiger charge is 2.28. The minimum Gasteiger partial charge on any atom is -0.374 e. The Labute approximate surface area is 139 Å². The number of hydrogen-bond donors (Lipinski definition) is 0. The van der Waals surface area contributed by atoms with Crippen molar-refractivity contribution in [3.8, 4) is 0 Å². The van der Waals surface area contributed by atoms with Crippen molar-refractivity contribution in [2.45, 2.75) is 6.10 Å². The number of ether oxygens (including phenoxy) is 1. The Morgan fingerprint density at radius 1 is 1.17 bits per heavy atom. The number of morpholine rings is 1. The van der Waals surface area contributed by atoms with Gasteiger partial charge in [-0.2, -0.15) is 4.31 Å². The summed E-state index contributed by atoms with van der Waals surface area (Å²) in [6, 6.07) is 0. The summed E-state index contributed by atoms with van der Waals surface area (Å²) in [5, 5.41) is 0. The molecule has 23 heavy (non-hydrogen) atoms. The lowest BCUT2D eigenvalue weighted by Gasteiger charge is -2.37. The molecule has 9 heteroatoms. The molecular formula is C14H28N4O4S. The molecule has 2 heterocycles. The van der Waals surface area contributed by atoms with Gasteiger partial charge in [-0.05, 0) is 14.1 Å². The van der Waals surface area contributed by atoms with Gasteiger partial charge in [-0.1, -0.05) is 0 Å². The van der Waals surface area contributed by atoms with E-state index in [-0.39, 0.29) is 12.0 Å². The van der Waals surface area contributed by atoms with Crippen LogP contribution in [0, 0.1) is 0 Å². The van der Waals surface area contributed by atoms with Crippen LogP contribution in [0.2, 0.25) is 0 Å². The van der Waals surface area contributed by atoms with Crippen LogP contribution in [0.4, 0.5) is 0 Å². The normalized spacial score (nSPS) is 25.0. The number of carbonyl (C=O) groups is 1. The summed E-state index contributed by atoms with van der Waals surface area (Å²) in [4.78, 5) is 18.4. The largest absolute Gasteiger partial charge is 0.374 e. The van der Waals surface area contributed by atoms with Gasteiger partial charge in [0.1, 0.15) is 0 Å². The van der Waals surface area contributed by atoms with Crippen LogP contribution in [0.3, 0.4) is 0 Å². The number of likely N-dealkylation sites (N-methyl/N-ethyl adjacent to an activating group) is 1. The Morgan fingerprint density at radius 3 is 2.39 bits per heavy atom. The Morgan fingerprint density at radius 2 is 1.83 bits per heavy atom. The molecule has 2 aliphatic rings. The van der Waals surface area contributed by atoms with Crippen LogP contribution in [0.5, 0.6) is 0 Å². The summed E-state index contributed by atoms with van der Waals surface area (Å²) in [5.41, 5.74) is 0. The molecule has 0 spiro atoms. The van der Waals surface area contributed by atoms with Crippen molar-refractivity contribution in [2.24, 2.45) is 0 Å². The number of sulfonamides is 1. The van der Waals surface area contributed by atoms with Crippen molar-refractivity contribution in [3.05, 3.63) is 0 Å². The number of amides is 1. The summed E-state index contributed by atoms with van der Waals surface area (Å²) in [5.74, 6) is 0.0728. The van der Waals surface area contributed by atoms with Crippen LogP contribution in [-0.2, 0) is 19.6 Å². The number of hydrogen-bond acceptors (Lipinski definition) is 6. The van der Waals surface area contributed by atoms with E-state index in [0.717, 1.165) is 19.6 Å². The zero-order valence-corrected chi connectivity index (χ0v) is 15.1. The Bertz CT molecular complexity index is 503. The van der Waals surface area contributed by atoms with Gasteiger partial charge >= 0.3 is 0 Å². The first-order chi connectivity index (χ1) is 10.8. The van der Waals surface area contributed by atoms with E-state index < -0.39 is 10.0 Å². The van der Waals surface area contributed by atoms with Crippen molar-refractivity contribution in [2.75, 3.05) is 79.3 Å². The monoisotopic (exact) mass is 348 g/mol. The average molecular weight is 348 g/mol. The zero-order chi connectivity index (χ0) is 17.0. The Hall–Kier alpha value is -0.740. The van der Waals surface area contributed by atoms with Gasteiger partial charge in [0, 0.05) is 45.8 Å². The van der Waals surface area contributed by atoms with E-state index in [1.165, 1.54) is 10.6 Å². The molecule has 0 aromatic heterocycles. The van der Waals surface area contributed by atoms with E-state index in [9.17, 15) is 13.2 Å². The fraction of sp³-hybridized carbons (Fsp3) is 0.929. The lowest BCUT2D eigenvalue weighted by atomic mass is 10.2. The molecule has 2 aliphatic heterocycles. The van der Waals surface area contributed by atoms with Crippen LogP contribution in [0.1, 0.15) is 0 Å². The highest BCUT2D eigenvalue weighted by molar-refractivity contribution is 7.88. The molecule has 0 unspecified atom stereocenters. The van der Waals surface area contributed by atoms with Crippen molar-refractivity contribution >= 4 is 15.9 Å². The predicted octanol–water partition coefficient (Wildman–Crippen LogP) is -1.65. The number of piperazine rings is 1. The zero-order valence-electron chi connectivity index (χ0n) is 14.3. The second-order valence-electron chi connectivity index (χ2n) is 6.53. The third-order valence-corrected chi connectivity index (χ3v) is 5.51. The van der Waals surface area contributed by atoms with Gasteiger partial charge in [-0.15, -0.1) is 0 Å². The second-order valence-corrected chi connectivity index (χ2v) is 8.52. The van der Waals surface area contributed by atoms with Gasteiger partial charge in [0.15, 0.2) is 0 Å². The lowest BCUT2D eigenvalue weighted by molar-refractivity contribution is -0.135. The first-order valence-corrected chi connectivity index (χ1v) is 9.82. The number of nitrogens with zero attached hydrogens (tertiary/aromatic N) is 4. The van der Waals surface area contributed by atoms with Gasteiger partial charge in [0.2, 0.25) is 15.9 Å². The molecule has 0 aromatic rings. The highest BCUT2D eigenvalue weighted by atomic mass is 32.2. The first kappa shape index (κ1) is 18.6. The summed E-state index contributed by atoms with van der Waals surface area (Å²) in [6.45, 7) is 5.10. The summed E-state index contributed by atoms with van der Waals surface area (Å²) in [7, 11) is 0.860. The Kier molecular flexibility index (Phi) is 6.38. The molecule has 1 amide bonds. The molecule has 0 N–H and O–H groups in total.